The minimum absolute atomic E-state index is 0.0740. The van der Waals surface area contributed by atoms with Gasteiger partial charge in [0.15, 0.2) is 0 Å². The van der Waals surface area contributed by atoms with Gasteiger partial charge in [-0.05, 0) is 32.8 Å². The molecule has 0 saturated heterocycles. The van der Waals surface area contributed by atoms with Crippen molar-refractivity contribution in [3.05, 3.63) is 18.2 Å². The number of anilines is 2. The van der Waals surface area contributed by atoms with E-state index in [1.807, 2.05) is 18.2 Å². The van der Waals surface area contributed by atoms with Crippen molar-refractivity contribution in [3.8, 4) is 5.75 Å². The smallest absolute Gasteiger partial charge is 0.123 e. The standard InChI is InChI=1S/C15H26N2O/c1-5-7-15(3,4)17-13-9-12(16)10-14(11-13)18-8-6-2/h9-11,17H,5-8,16H2,1-4H3. The summed E-state index contributed by atoms with van der Waals surface area (Å²) in [6.07, 6.45) is 3.27. The van der Waals surface area contributed by atoms with E-state index in [1.165, 1.54) is 0 Å². The number of rotatable bonds is 7. The molecule has 0 spiro atoms. The first kappa shape index (κ1) is 14.7. The molecular formula is C15H26N2O. The maximum absolute atomic E-state index is 5.90. The Morgan fingerprint density at radius 3 is 2.50 bits per heavy atom. The van der Waals surface area contributed by atoms with Crippen LogP contribution in [-0.4, -0.2) is 12.1 Å². The lowest BCUT2D eigenvalue weighted by atomic mass is 9.98. The van der Waals surface area contributed by atoms with Crippen molar-refractivity contribution in [2.45, 2.75) is 52.5 Å². The van der Waals surface area contributed by atoms with Gasteiger partial charge in [0.2, 0.25) is 0 Å². The third kappa shape index (κ3) is 4.86. The predicted molar refractivity (Wildman–Crippen MR) is 79.3 cm³/mol. The Kier molecular flexibility index (Phi) is 5.32. The summed E-state index contributed by atoms with van der Waals surface area (Å²) in [4.78, 5) is 0. The molecule has 0 aliphatic carbocycles. The van der Waals surface area contributed by atoms with Gasteiger partial charge in [-0.2, -0.15) is 0 Å². The van der Waals surface area contributed by atoms with E-state index in [9.17, 15) is 0 Å². The van der Waals surface area contributed by atoms with Crippen LogP contribution >= 0.6 is 0 Å². The summed E-state index contributed by atoms with van der Waals surface area (Å²) < 4.78 is 5.63. The maximum Gasteiger partial charge on any atom is 0.123 e. The largest absolute Gasteiger partial charge is 0.493 e. The Morgan fingerprint density at radius 1 is 1.17 bits per heavy atom. The zero-order valence-electron chi connectivity index (χ0n) is 12.0. The van der Waals surface area contributed by atoms with Gasteiger partial charge in [-0.1, -0.05) is 20.3 Å². The summed E-state index contributed by atoms with van der Waals surface area (Å²) in [5.74, 6) is 0.839. The molecule has 0 radical (unpaired) electrons. The second-order valence-corrected chi connectivity index (χ2v) is 5.40. The normalized spacial score (nSPS) is 11.3. The molecule has 0 atom stereocenters. The van der Waals surface area contributed by atoms with Crippen molar-refractivity contribution in [1.82, 2.24) is 0 Å². The lowest BCUT2D eigenvalue weighted by Crippen LogP contribution is -2.30. The minimum atomic E-state index is 0.0740. The number of nitrogens with one attached hydrogen (secondary N) is 1. The average Bonchev–Trinajstić information content (AvgIpc) is 2.24. The molecule has 3 N–H and O–H groups in total. The van der Waals surface area contributed by atoms with E-state index in [4.69, 9.17) is 10.5 Å². The maximum atomic E-state index is 5.90. The number of hydrogen-bond donors (Lipinski definition) is 2. The Hall–Kier alpha value is -1.38. The van der Waals surface area contributed by atoms with Crippen molar-refractivity contribution in [1.29, 1.82) is 0 Å². The summed E-state index contributed by atoms with van der Waals surface area (Å²) in [6.45, 7) is 9.41. The molecule has 0 unspecified atom stereocenters. The molecule has 0 bridgehead atoms. The van der Waals surface area contributed by atoms with Crippen molar-refractivity contribution in [3.63, 3.8) is 0 Å². The Bertz CT molecular complexity index is 375. The lowest BCUT2D eigenvalue weighted by Gasteiger charge is -2.27. The molecule has 0 aliphatic heterocycles. The van der Waals surface area contributed by atoms with Gasteiger partial charge in [-0.15, -0.1) is 0 Å². The molecule has 0 amide bonds. The second kappa shape index (κ2) is 6.53. The highest BCUT2D eigenvalue weighted by molar-refractivity contribution is 5.60. The Labute approximate surface area is 111 Å². The first-order valence-corrected chi connectivity index (χ1v) is 6.78. The number of nitrogens with two attached hydrogens (primary N) is 1. The van der Waals surface area contributed by atoms with Crippen LogP contribution in [0.25, 0.3) is 0 Å². The van der Waals surface area contributed by atoms with Gasteiger partial charge in [-0.3, -0.25) is 0 Å². The third-order valence-electron chi connectivity index (χ3n) is 2.76. The zero-order chi connectivity index (χ0) is 13.6. The molecule has 1 aromatic rings. The second-order valence-electron chi connectivity index (χ2n) is 5.40. The summed E-state index contributed by atoms with van der Waals surface area (Å²) >= 11 is 0. The van der Waals surface area contributed by atoms with Gasteiger partial charge < -0.3 is 15.8 Å². The molecule has 0 heterocycles. The Morgan fingerprint density at radius 2 is 1.89 bits per heavy atom. The Balaban J connectivity index is 2.79. The molecule has 1 rings (SSSR count). The van der Waals surface area contributed by atoms with E-state index in [0.29, 0.717) is 0 Å². The SMILES string of the molecule is CCCOc1cc(N)cc(NC(C)(C)CCC)c1. The first-order valence-electron chi connectivity index (χ1n) is 6.78. The molecule has 18 heavy (non-hydrogen) atoms. The fraction of sp³-hybridized carbons (Fsp3) is 0.600. The zero-order valence-corrected chi connectivity index (χ0v) is 12.0. The van der Waals surface area contributed by atoms with Crippen molar-refractivity contribution < 1.29 is 4.74 Å². The fourth-order valence-electron chi connectivity index (χ4n) is 2.08. The van der Waals surface area contributed by atoms with Crippen molar-refractivity contribution in [2.24, 2.45) is 0 Å². The predicted octanol–water partition coefficient (Wildman–Crippen LogP) is 4.05. The van der Waals surface area contributed by atoms with Crippen LogP contribution in [0.5, 0.6) is 5.75 Å². The molecule has 0 aromatic heterocycles. The topological polar surface area (TPSA) is 47.3 Å². The fourth-order valence-corrected chi connectivity index (χ4v) is 2.08. The minimum Gasteiger partial charge on any atom is -0.493 e. The highest BCUT2D eigenvalue weighted by atomic mass is 16.5. The molecule has 0 aliphatic rings. The summed E-state index contributed by atoms with van der Waals surface area (Å²) in [5.41, 5.74) is 7.74. The summed E-state index contributed by atoms with van der Waals surface area (Å²) in [5, 5.41) is 3.52. The van der Waals surface area contributed by atoms with E-state index in [0.717, 1.165) is 43.0 Å². The van der Waals surface area contributed by atoms with Crippen LogP contribution < -0.4 is 15.8 Å². The van der Waals surface area contributed by atoms with Gasteiger partial charge in [-0.25, -0.2) is 0 Å². The van der Waals surface area contributed by atoms with E-state index in [2.05, 4.69) is 33.0 Å². The average molecular weight is 250 g/mol. The molecule has 3 nitrogen and oxygen atoms in total. The highest BCUT2D eigenvalue weighted by Crippen LogP contribution is 2.26. The van der Waals surface area contributed by atoms with Crippen LogP contribution in [0.15, 0.2) is 18.2 Å². The monoisotopic (exact) mass is 250 g/mol. The van der Waals surface area contributed by atoms with Crippen LogP contribution in [0.2, 0.25) is 0 Å². The number of hydrogen-bond acceptors (Lipinski definition) is 3. The van der Waals surface area contributed by atoms with Gasteiger partial charge in [0, 0.05) is 29.0 Å². The van der Waals surface area contributed by atoms with E-state index < -0.39 is 0 Å². The molecular weight excluding hydrogens is 224 g/mol. The number of nitrogen functional groups attached to an aromatic ring is 1. The van der Waals surface area contributed by atoms with Crippen molar-refractivity contribution in [2.75, 3.05) is 17.7 Å². The highest BCUT2D eigenvalue weighted by Gasteiger charge is 2.16. The quantitative estimate of drug-likeness (QED) is 0.718. The molecule has 3 heteroatoms. The van der Waals surface area contributed by atoms with Crippen LogP contribution in [0.3, 0.4) is 0 Å². The third-order valence-corrected chi connectivity index (χ3v) is 2.76. The van der Waals surface area contributed by atoms with Crippen LogP contribution in [-0.2, 0) is 0 Å². The van der Waals surface area contributed by atoms with Gasteiger partial charge >= 0.3 is 0 Å². The summed E-state index contributed by atoms with van der Waals surface area (Å²) in [7, 11) is 0. The van der Waals surface area contributed by atoms with Crippen LogP contribution in [0.4, 0.5) is 11.4 Å². The van der Waals surface area contributed by atoms with E-state index in [1.54, 1.807) is 0 Å². The molecule has 102 valence electrons. The van der Waals surface area contributed by atoms with Crippen LogP contribution in [0, 0.1) is 0 Å². The molecule has 0 fully saturated rings. The molecule has 0 saturated carbocycles. The lowest BCUT2D eigenvalue weighted by molar-refractivity contribution is 0.317. The summed E-state index contributed by atoms with van der Waals surface area (Å²) in [6, 6.07) is 5.84. The number of ether oxygens (including phenoxy) is 1. The van der Waals surface area contributed by atoms with Crippen molar-refractivity contribution >= 4 is 11.4 Å². The van der Waals surface area contributed by atoms with Gasteiger partial charge in [0.05, 0.1) is 6.61 Å². The van der Waals surface area contributed by atoms with Gasteiger partial charge in [0.1, 0.15) is 5.75 Å². The van der Waals surface area contributed by atoms with E-state index >= 15 is 0 Å². The van der Waals surface area contributed by atoms with E-state index in [-0.39, 0.29) is 5.54 Å². The first-order chi connectivity index (χ1) is 8.46. The van der Waals surface area contributed by atoms with Gasteiger partial charge in [0.25, 0.3) is 0 Å². The molecule has 1 aromatic carbocycles. The van der Waals surface area contributed by atoms with Crippen LogP contribution in [0.1, 0.15) is 47.0 Å². The number of benzene rings is 1.